The number of hydrogen-bond acceptors (Lipinski definition) is 3. The van der Waals surface area contributed by atoms with Crippen LogP contribution in [0.5, 0.6) is 0 Å². The van der Waals surface area contributed by atoms with Crippen molar-refractivity contribution >= 4 is 23.5 Å². The molecule has 1 fully saturated rings. The number of aliphatic carboxylic acids is 1. The van der Waals surface area contributed by atoms with Crippen LogP contribution in [0.3, 0.4) is 0 Å². The molecule has 3 rings (SSSR count). The topological polar surface area (TPSA) is 86.7 Å². The zero-order valence-electron chi connectivity index (χ0n) is 14.3. The number of carbonyl (C=O) groups excluding carboxylic acids is 2. The quantitative estimate of drug-likeness (QED) is 0.829. The SMILES string of the molecule is O=C(O)CC1(NC(=O)CCN2C(=O)CCc3ccccc32)CCCC1. The summed E-state index contributed by atoms with van der Waals surface area (Å²) in [5.41, 5.74) is 1.39. The number of anilines is 1. The summed E-state index contributed by atoms with van der Waals surface area (Å²) in [5, 5.41) is 12.1. The van der Waals surface area contributed by atoms with Crippen molar-refractivity contribution in [3.63, 3.8) is 0 Å². The molecular formula is C19H24N2O4. The molecule has 0 spiro atoms. The molecule has 6 heteroatoms. The molecule has 1 aliphatic carbocycles. The van der Waals surface area contributed by atoms with Crippen molar-refractivity contribution in [2.45, 2.75) is 56.9 Å². The minimum absolute atomic E-state index is 0.0348. The number of fused-ring (bicyclic) bond motifs is 1. The fourth-order valence-electron chi connectivity index (χ4n) is 4.00. The zero-order valence-corrected chi connectivity index (χ0v) is 14.3. The Bertz CT molecular complexity index is 680. The second-order valence-electron chi connectivity index (χ2n) is 7.03. The third kappa shape index (κ3) is 4.00. The maximum Gasteiger partial charge on any atom is 0.305 e. The first-order valence-electron chi connectivity index (χ1n) is 8.90. The van der Waals surface area contributed by atoms with Gasteiger partial charge in [0.25, 0.3) is 0 Å². The molecule has 6 nitrogen and oxygen atoms in total. The molecule has 0 radical (unpaired) electrons. The predicted octanol–water partition coefficient (Wildman–Crippen LogP) is 2.26. The summed E-state index contributed by atoms with van der Waals surface area (Å²) in [4.78, 5) is 37.4. The maximum absolute atomic E-state index is 12.4. The molecule has 2 aliphatic rings. The third-order valence-electron chi connectivity index (χ3n) is 5.21. The van der Waals surface area contributed by atoms with Gasteiger partial charge in [0.1, 0.15) is 0 Å². The van der Waals surface area contributed by atoms with Gasteiger partial charge in [-0.3, -0.25) is 14.4 Å². The van der Waals surface area contributed by atoms with Gasteiger partial charge in [-0.05, 0) is 30.9 Å². The van der Waals surface area contributed by atoms with Crippen LogP contribution in [0.2, 0.25) is 0 Å². The van der Waals surface area contributed by atoms with Crippen LogP contribution in [0.1, 0.15) is 50.5 Å². The molecule has 2 N–H and O–H groups in total. The number of hydrogen-bond donors (Lipinski definition) is 2. The van der Waals surface area contributed by atoms with E-state index in [4.69, 9.17) is 5.11 Å². The van der Waals surface area contributed by atoms with Gasteiger partial charge in [0, 0.05) is 25.1 Å². The van der Waals surface area contributed by atoms with Gasteiger partial charge < -0.3 is 15.3 Å². The molecule has 0 saturated heterocycles. The number of carbonyl (C=O) groups is 3. The summed E-state index contributed by atoms with van der Waals surface area (Å²) >= 11 is 0. The van der Waals surface area contributed by atoms with Crippen LogP contribution in [0.4, 0.5) is 5.69 Å². The van der Waals surface area contributed by atoms with Gasteiger partial charge in [0.05, 0.1) is 12.0 Å². The van der Waals surface area contributed by atoms with E-state index in [-0.39, 0.29) is 24.7 Å². The van der Waals surface area contributed by atoms with E-state index in [0.717, 1.165) is 30.5 Å². The molecule has 134 valence electrons. The molecule has 0 aromatic heterocycles. The van der Waals surface area contributed by atoms with Crippen LogP contribution in [-0.4, -0.2) is 35.0 Å². The Labute approximate surface area is 147 Å². The molecule has 0 unspecified atom stereocenters. The largest absolute Gasteiger partial charge is 0.481 e. The molecule has 1 aromatic rings. The molecule has 25 heavy (non-hydrogen) atoms. The standard InChI is InChI=1S/C19H24N2O4/c22-16(20-19(13-18(24)25)10-3-4-11-19)9-12-21-15-6-2-1-5-14(15)7-8-17(21)23/h1-2,5-6H,3-4,7-13H2,(H,20,22)(H,24,25). The molecule has 1 heterocycles. The van der Waals surface area contributed by atoms with E-state index in [2.05, 4.69) is 5.32 Å². The molecule has 2 amide bonds. The van der Waals surface area contributed by atoms with Crippen molar-refractivity contribution in [1.82, 2.24) is 5.32 Å². The fourth-order valence-corrected chi connectivity index (χ4v) is 4.00. The van der Waals surface area contributed by atoms with Crippen LogP contribution in [-0.2, 0) is 20.8 Å². The normalized spacial score (nSPS) is 18.7. The van der Waals surface area contributed by atoms with Crippen LogP contribution in [0.25, 0.3) is 0 Å². The first-order chi connectivity index (χ1) is 12.0. The lowest BCUT2D eigenvalue weighted by atomic mass is 9.93. The van der Waals surface area contributed by atoms with E-state index in [0.29, 0.717) is 25.8 Å². The van der Waals surface area contributed by atoms with Gasteiger partial charge in [-0.15, -0.1) is 0 Å². The highest BCUT2D eigenvalue weighted by atomic mass is 16.4. The number of amides is 2. The maximum atomic E-state index is 12.4. The molecule has 0 atom stereocenters. The summed E-state index contributed by atoms with van der Waals surface area (Å²) in [7, 11) is 0. The van der Waals surface area contributed by atoms with Crippen molar-refractivity contribution in [3.8, 4) is 0 Å². The Kier molecular flexibility index (Phi) is 5.06. The van der Waals surface area contributed by atoms with Gasteiger partial charge >= 0.3 is 5.97 Å². The van der Waals surface area contributed by atoms with Crippen molar-refractivity contribution < 1.29 is 19.5 Å². The number of nitrogens with zero attached hydrogens (tertiary/aromatic N) is 1. The van der Waals surface area contributed by atoms with Crippen molar-refractivity contribution in [1.29, 1.82) is 0 Å². The number of carboxylic acid groups (broad SMARTS) is 1. The van der Waals surface area contributed by atoms with E-state index in [1.54, 1.807) is 4.90 Å². The van der Waals surface area contributed by atoms with Gasteiger partial charge in [0.2, 0.25) is 11.8 Å². The Hall–Kier alpha value is -2.37. The Balaban J connectivity index is 1.62. The second kappa shape index (κ2) is 7.25. The molecule has 1 aromatic carbocycles. The summed E-state index contributed by atoms with van der Waals surface area (Å²) in [6, 6.07) is 7.77. The molecule has 1 saturated carbocycles. The Morgan fingerprint density at radius 2 is 1.88 bits per heavy atom. The summed E-state index contributed by atoms with van der Waals surface area (Å²) in [6.45, 7) is 0.324. The Morgan fingerprint density at radius 1 is 1.16 bits per heavy atom. The van der Waals surface area contributed by atoms with Crippen LogP contribution < -0.4 is 10.2 Å². The molecule has 1 aliphatic heterocycles. The first-order valence-corrected chi connectivity index (χ1v) is 8.90. The monoisotopic (exact) mass is 344 g/mol. The van der Waals surface area contributed by atoms with E-state index < -0.39 is 11.5 Å². The second-order valence-corrected chi connectivity index (χ2v) is 7.03. The lowest BCUT2D eigenvalue weighted by Gasteiger charge is -2.31. The van der Waals surface area contributed by atoms with Crippen molar-refractivity contribution in [2.75, 3.05) is 11.4 Å². The van der Waals surface area contributed by atoms with E-state index in [9.17, 15) is 14.4 Å². The minimum Gasteiger partial charge on any atom is -0.481 e. The lowest BCUT2D eigenvalue weighted by Crippen LogP contribution is -2.49. The predicted molar refractivity (Wildman–Crippen MR) is 93.3 cm³/mol. The zero-order chi connectivity index (χ0) is 17.9. The fraction of sp³-hybridized carbons (Fsp3) is 0.526. The van der Waals surface area contributed by atoms with Crippen molar-refractivity contribution in [2.24, 2.45) is 0 Å². The van der Waals surface area contributed by atoms with Crippen LogP contribution in [0, 0.1) is 0 Å². The van der Waals surface area contributed by atoms with Gasteiger partial charge in [-0.25, -0.2) is 0 Å². The van der Waals surface area contributed by atoms with Gasteiger partial charge in [0.15, 0.2) is 0 Å². The van der Waals surface area contributed by atoms with E-state index >= 15 is 0 Å². The first kappa shape index (κ1) is 17.5. The number of rotatable bonds is 6. The van der Waals surface area contributed by atoms with E-state index in [1.807, 2.05) is 24.3 Å². The van der Waals surface area contributed by atoms with Crippen molar-refractivity contribution in [3.05, 3.63) is 29.8 Å². The number of benzene rings is 1. The highest BCUT2D eigenvalue weighted by Gasteiger charge is 2.37. The van der Waals surface area contributed by atoms with Crippen LogP contribution >= 0.6 is 0 Å². The van der Waals surface area contributed by atoms with Gasteiger partial charge in [-0.2, -0.15) is 0 Å². The summed E-state index contributed by atoms with van der Waals surface area (Å²) in [6.07, 6.45) is 4.62. The third-order valence-corrected chi connectivity index (χ3v) is 5.21. The average Bonchev–Trinajstić information content (AvgIpc) is 3.01. The summed E-state index contributed by atoms with van der Waals surface area (Å²) < 4.78 is 0. The number of para-hydroxylation sites is 1. The van der Waals surface area contributed by atoms with Crippen LogP contribution in [0.15, 0.2) is 24.3 Å². The number of aryl methyl sites for hydroxylation is 1. The van der Waals surface area contributed by atoms with E-state index in [1.165, 1.54) is 0 Å². The number of nitrogens with one attached hydrogen (secondary N) is 1. The highest BCUT2D eigenvalue weighted by molar-refractivity contribution is 5.97. The molecular weight excluding hydrogens is 320 g/mol. The number of carboxylic acids is 1. The minimum atomic E-state index is -0.887. The highest BCUT2D eigenvalue weighted by Crippen LogP contribution is 2.33. The summed E-state index contributed by atoms with van der Waals surface area (Å²) in [5.74, 6) is -1.03. The molecule has 0 bridgehead atoms. The Morgan fingerprint density at radius 3 is 2.60 bits per heavy atom. The van der Waals surface area contributed by atoms with Gasteiger partial charge in [-0.1, -0.05) is 31.0 Å². The lowest BCUT2D eigenvalue weighted by molar-refractivity contribution is -0.139. The average molecular weight is 344 g/mol. The smallest absolute Gasteiger partial charge is 0.305 e.